The van der Waals surface area contributed by atoms with E-state index >= 15 is 0 Å². The van der Waals surface area contributed by atoms with E-state index in [-0.39, 0.29) is 5.96 Å². The lowest BCUT2D eigenvalue weighted by Gasteiger charge is -2.30. The maximum Gasteiger partial charge on any atom is 0.337 e. The second kappa shape index (κ2) is 4.64. The monoisotopic (exact) mass is 285 g/mol. The van der Waals surface area contributed by atoms with E-state index in [1.165, 1.54) is 7.11 Å². The quantitative estimate of drug-likeness (QED) is 0.606. The van der Waals surface area contributed by atoms with Crippen LogP contribution in [0, 0.1) is 0 Å². The number of H-pyrrole nitrogens is 1. The van der Waals surface area contributed by atoms with Gasteiger partial charge in [0.05, 0.1) is 24.1 Å². The number of aromatic amines is 1. The van der Waals surface area contributed by atoms with Gasteiger partial charge in [-0.05, 0) is 18.2 Å². The summed E-state index contributed by atoms with van der Waals surface area (Å²) in [6, 6.07) is 8.65. The fourth-order valence-corrected chi connectivity index (χ4v) is 2.41. The van der Waals surface area contributed by atoms with Crippen LogP contribution in [0.4, 0.5) is 5.69 Å². The molecule has 0 fully saturated rings. The lowest BCUT2D eigenvalue weighted by molar-refractivity contribution is 0.0600. The summed E-state index contributed by atoms with van der Waals surface area (Å²) in [5, 5.41) is 2.94. The molecule has 7 nitrogen and oxygen atoms in total. The lowest BCUT2D eigenvalue weighted by Crippen LogP contribution is -2.44. The van der Waals surface area contributed by atoms with E-state index in [1.807, 2.05) is 6.07 Å². The highest BCUT2D eigenvalue weighted by atomic mass is 16.5. The van der Waals surface area contributed by atoms with Gasteiger partial charge >= 0.3 is 5.97 Å². The second-order valence-electron chi connectivity index (χ2n) is 4.73. The highest BCUT2D eigenvalue weighted by Gasteiger charge is 2.36. The average molecular weight is 285 g/mol. The molecule has 0 bridgehead atoms. The number of aliphatic imine (C=N–C) groups is 1. The summed E-state index contributed by atoms with van der Waals surface area (Å²) in [5.74, 6) is -0.217. The first-order valence-electron chi connectivity index (χ1n) is 6.32. The van der Waals surface area contributed by atoms with E-state index < -0.39 is 11.6 Å². The van der Waals surface area contributed by atoms with Crippen molar-refractivity contribution >= 4 is 17.6 Å². The molecule has 0 saturated heterocycles. The maximum absolute atomic E-state index is 11.7. The number of nitrogens with one attached hydrogen (secondary N) is 2. The first-order valence-corrected chi connectivity index (χ1v) is 6.32. The van der Waals surface area contributed by atoms with Crippen LogP contribution < -0.4 is 16.8 Å². The summed E-state index contributed by atoms with van der Waals surface area (Å²) in [4.78, 5) is 19.0. The van der Waals surface area contributed by atoms with E-state index in [0.717, 1.165) is 5.69 Å². The minimum absolute atomic E-state index is 0.216. The number of hydrogen-bond acceptors (Lipinski definition) is 6. The van der Waals surface area contributed by atoms with Gasteiger partial charge < -0.3 is 20.8 Å². The number of benzene rings is 1. The van der Waals surface area contributed by atoms with Crippen molar-refractivity contribution in [2.75, 3.05) is 12.4 Å². The van der Waals surface area contributed by atoms with E-state index in [0.29, 0.717) is 16.8 Å². The number of carbonyl (C=O) groups excluding carboxylic acids is 1. The van der Waals surface area contributed by atoms with Crippen molar-refractivity contribution in [3.63, 3.8) is 0 Å². The van der Waals surface area contributed by atoms with Gasteiger partial charge in [-0.1, -0.05) is 12.1 Å². The predicted octanol–water partition coefficient (Wildman–Crippen LogP) is 0.701. The highest BCUT2D eigenvalue weighted by molar-refractivity contribution is 5.96. The molecule has 1 aliphatic rings. The summed E-state index contributed by atoms with van der Waals surface area (Å²) in [7, 11) is 1.33. The number of ether oxygens (including phenoxy) is 1. The van der Waals surface area contributed by atoms with Crippen molar-refractivity contribution < 1.29 is 9.53 Å². The molecule has 2 aromatic rings. The van der Waals surface area contributed by atoms with Gasteiger partial charge in [-0.15, -0.1) is 0 Å². The molecule has 3 rings (SSSR count). The lowest BCUT2D eigenvalue weighted by atomic mass is 9.94. The fourth-order valence-electron chi connectivity index (χ4n) is 2.41. The SMILES string of the molecule is COC(=O)c1cccc(C2(N)N=C(N)Nc3cc[nH]c32)c1. The molecule has 6 N–H and O–H groups in total. The molecule has 0 aliphatic carbocycles. The van der Waals surface area contributed by atoms with E-state index in [9.17, 15) is 4.79 Å². The summed E-state index contributed by atoms with van der Waals surface area (Å²) < 4.78 is 4.73. The fraction of sp³-hybridized carbons (Fsp3) is 0.143. The summed E-state index contributed by atoms with van der Waals surface area (Å²) in [6.45, 7) is 0. The Morgan fingerprint density at radius 1 is 1.38 bits per heavy atom. The highest BCUT2D eigenvalue weighted by Crippen LogP contribution is 2.35. The van der Waals surface area contributed by atoms with Gasteiger partial charge in [0.15, 0.2) is 11.6 Å². The molecule has 0 saturated carbocycles. The molecule has 1 aliphatic heterocycles. The molecule has 1 unspecified atom stereocenters. The number of anilines is 1. The number of rotatable bonds is 2. The van der Waals surface area contributed by atoms with Crippen molar-refractivity contribution in [2.24, 2.45) is 16.5 Å². The van der Waals surface area contributed by atoms with Gasteiger partial charge in [-0.25, -0.2) is 9.79 Å². The first kappa shape index (κ1) is 13.2. The number of guanidine groups is 1. The molecule has 2 heterocycles. The molecule has 21 heavy (non-hydrogen) atoms. The number of nitrogens with zero attached hydrogens (tertiary/aromatic N) is 1. The zero-order valence-electron chi connectivity index (χ0n) is 11.4. The minimum Gasteiger partial charge on any atom is -0.465 e. The molecule has 108 valence electrons. The van der Waals surface area contributed by atoms with Gasteiger partial charge in [-0.2, -0.15) is 0 Å². The third-order valence-corrected chi connectivity index (χ3v) is 3.41. The molecule has 1 aromatic carbocycles. The second-order valence-corrected chi connectivity index (χ2v) is 4.73. The zero-order valence-corrected chi connectivity index (χ0v) is 11.4. The smallest absolute Gasteiger partial charge is 0.337 e. The van der Waals surface area contributed by atoms with Crippen molar-refractivity contribution in [3.8, 4) is 0 Å². The number of nitrogens with two attached hydrogens (primary N) is 2. The van der Waals surface area contributed by atoms with Gasteiger partial charge in [0.2, 0.25) is 0 Å². The minimum atomic E-state index is -1.18. The Labute approximate surface area is 121 Å². The number of hydrogen-bond donors (Lipinski definition) is 4. The maximum atomic E-state index is 11.7. The van der Waals surface area contributed by atoms with E-state index in [2.05, 4.69) is 15.3 Å². The number of carbonyl (C=O) groups is 1. The van der Waals surface area contributed by atoms with Crippen LogP contribution in [0.5, 0.6) is 0 Å². The number of esters is 1. The number of aromatic nitrogens is 1. The molecular formula is C14H15N5O2. The molecule has 0 spiro atoms. The van der Waals surface area contributed by atoms with Crippen LogP contribution in [0.2, 0.25) is 0 Å². The van der Waals surface area contributed by atoms with E-state index in [1.54, 1.807) is 30.5 Å². The summed E-state index contributed by atoms with van der Waals surface area (Å²) in [5.41, 5.74) is 13.5. The predicted molar refractivity (Wildman–Crippen MR) is 78.8 cm³/mol. The number of methoxy groups -OCH3 is 1. The molecule has 1 atom stereocenters. The van der Waals surface area contributed by atoms with Gasteiger partial charge in [0.25, 0.3) is 0 Å². The van der Waals surface area contributed by atoms with Gasteiger partial charge in [-0.3, -0.25) is 5.73 Å². The van der Waals surface area contributed by atoms with Crippen LogP contribution in [0.15, 0.2) is 41.5 Å². The standard InChI is InChI=1S/C14H15N5O2/c1-21-12(20)8-3-2-4-9(7-8)14(16)11-10(5-6-17-11)18-13(15)19-14/h2-7,17H,16H2,1H3,(H3,15,18,19). The van der Waals surface area contributed by atoms with Crippen LogP contribution in [-0.2, 0) is 10.4 Å². The number of fused-ring (bicyclic) bond motifs is 1. The largest absolute Gasteiger partial charge is 0.465 e. The Morgan fingerprint density at radius 2 is 2.19 bits per heavy atom. The van der Waals surface area contributed by atoms with Crippen molar-refractivity contribution in [1.29, 1.82) is 0 Å². The zero-order chi connectivity index (χ0) is 15.0. The van der Waals surface area contributed by atoms with Crippen LogP contribution >= 0.6 is 0 Å². The normalized spacial score (nSPS) is 20.2. The third kappa shape index (κ3) is 2.03. The Kier molecular flexibility index (Phi) is 2.91. The van der Waals surface area contributed by atoms with Crippen molar-refractivity contribution in [2.45, 2.75) is 5.66 Å². The van der Waals surface area contributed by atoms with Crippen molar-refractivity contribution in [3.05, 3.63) is 53.3 Å². The summed E-state index contributed by atoms with van der Waals surface area (Å²) in [6.07, 6.45) is 1.75. The molecular weight excluding hydrogens is 270 g/mol. The third-order valence-electron chi connectivity index (χ3n) is 3.41. The molecule has 7 heteroatoms. The average Bonchev–Trinajstić information content (AvgIpc) is 2.95. The van der Waals surface area contributed by atoms with Crippen LogP contribution in [0.25, 0.3) is 0 Å². The van der Waals surface area contributed by atoms with Crippen molar-refractivity contribution in [1.82, 2.24) is 4.98 Å². The topological polar surface area (TPSA) is 119 Å². The van der Waals surface area contributed by atoms with E-state index in [4.69, 9.17) is 16.2 Å². The Morgan fingerprint density at radius 3 is 2.95 bits per heavy atom. The molecule has 1 aromatic heterocycles. The van der Waals surface area contributed by atoms with Crippen LogP contribution in [0.1, 0.15) is 21.6 Å². The summed E-state index contributed by atoms with van der Waals surface area (Å²) >= 11 is 0. The molecule has 0 amide bonds. The molecule has 0 radical (unpaired) electrons. The Bertz CT molecular complexity index is 736. The van der Waals surface area contributed by atoms with Crippen LogP contribution in [-0.4, -0.2) is 24.0 Å². The van der Waals surface area contributed by atoms with Crippen LogP contribution in [0.3, 0.4) is 0 Å². The first-order chi connectivity index (χ1) is 10.0. The Hall–Kier alpha value is -2.80. The van der Waals surface area contributed by atoms with Gasteiger partial charge in [0.1, 0.15) is 0 Å². The Balaban J connectivity index is 2.14. The van der Waals surface area contributed by atoms with Gasteiger partial charge in [0, 0.05) is 11.8 Å².